The minimum absolute atomic E-state index is 0.176. The molecule has 1 atom stereocenters. The number of nitrogens with two attached hydrogens (primary N) is 1. The third-order valence-electron chi connectivity index (χ3n) is 3.99. The lowest BCUT2D eigenvalue weighted by Gasteiger charge is -2.18. The number of hydrogen-bond donors (Lipinski definition) is 2. The van der Waals surface area contributed by atoms with Crippen LogP contribution in [0.1, 0.15) is 44.4 Å². The molecule has 24 heavy (non-hydrogen) atoms. The molecular formula is C21H29NO2. The summed E-state index contributed by atoms with van der Waals surface area (Å²) in [6.07, 6.45) is 3.16. The molecule has 2 rings (SSSR count). The minimum atomic E-state index is -0.935. The molecule has 0 heterocycles. The van der Waals surface area contributed by atoms with Gasteiger partial charge in [0.05, 0.1) is 0 Å². The second kappa shape index (κ2) is 9.24. The van der Waals surface area contributed by atoms with Gasteiger partial charge in [0.25, 0.3) is 0 Å². The standard InChI is InChI=1S/C17H23N.C4H6O2/c1-4-13-11-14-8-6-7-9-16(14)17(10-12(3)18)15(13)5-2;1-3(2)4(5)6/h6-9,11-12H,4-5,10,18H2,1-3H3;1H2,2H3,(H,5,6). The molecule has 0 saturated heterocycles. The van der Waals surface area contributed by atoms with Crippen LogP contribution in [0.3, 0.4) is 0 Å². The molecule has 3 N–H and O–H groups in total. The summed E-state index contributed by atoms with van der Waals surface area (Å²) >= 11 is 0. The number of aryl methyl sites for hydroxylation is 1. The molecule has 0 fully saturated rings. The maximum atomic E-state index is 9.60. The van der Waals surface area contributed by atoms with Crippen molar-refractivity contribution in [1.82, 2.24) is 0 Å². The van der Waals surface area contributed by atoms with E-state index in [4.69, 9.17) is 10.8 Å². The van der Waals surface area contributed by atoms with Crippen molar-refractivity contribution in [3.05, 3.63) is 59.2 Å². The van der Waals surface area contributed by atoms with Crippen LogP contribution in [0.4, 0.5) is 0 Å². The summed E-state index contributed by atoms with van der Waals surface area (Å²) < 4.78 is 0. The van der Waals surface area contributed by atoms with Gasteiger partial charge < -0.3 is 10.8 Å². The van der Waals surface area contributed by atoms with Crippen molar-refractivity contribution in [1.29, 1.82) is 0 Å². The van der Waals surface area contributed by atoms with Gasteiger partial charge >= 0.3 is 5.97 Å². The molecule has 0 aromatic heterocycles. The SMILES string of the molecule is C=C(C)C(=O)O.CCc1cc2ccccc2c(CC(C)N)c1CC. The quantitative estimate of drug-likeness (QED) is 0.795. The molecular weight excluding hydrogens is 298 g/mol. The van der Waals surface area contributed by atoms with E-state index in [1.165, 1.54) is 34.4 Å². The normalized spacial score (nSPS) is 11.5. The fourth-order valence-electron chi connectivity index (χ4n) is 2.84. The number of benzene rings is 2. The monoisotopic (exact) mass is 327 g/mol. The second-order valence-corrected chi connectivity index (χ2v) is 6.19. The van der Waals surface area contributed by atoms with E-state index < -0.39 is 5.97 Å². The average molecular weight is 327 g/mol. The van der Waals surface area contributed by atoms with Crippen LogP contribution in [-0.2, 0) is 24.1 Å². The molecule has 0 saturated carbocycles. The van der Waals surface area contributed by atoms with E-state index >= 15 is 0 Å². The Bertz CT molecular complexity index is 705. The van der Waals surface area contributed by atoms with Gasteiger partial charge in [-0.15, -0.1) is 0 Å². The van der Waals surface area contributed by atoms with Crippen molar-refractivity contribution in [3.8, 4) is 0 Å². The number of carbonyl (C=O) groups is 1. The van der Waals surface area contributed by atoms with Gasteiger partial charge in [-0.25, -0.2) is 4.79 Å². The van der Waals surface area contributed by atoms with Gasteiger partial charge in [-0.05, 0) is 60.6 Å². The number of carboxylic acids is 1. The summed E-state index contributed by atoms with van der Waals surface area (Å²) in [7, 11) is 0. The number of fused-ring (bicyclic) bond motifs is 1. The van der Waals surface area contributed by atoms with Gasteiger partial charge in [0.1, 0.15) is 0 Å². The van der Waals surface area contributed by atoms with Crippen molar-refractivity contribution in [2.75, 3.05) is 0 Å². The highest BCUT2D eigenvalue weighted by Crippen LogP contribution is 2.28. The summed E-state index contributed by atoms with van der Waals surface area (Å²) in [5.74, 6) is -0.935. The van der Waals surface area contributed by atoms with E-state index in [2.05, 4.69) is 57.7 Å². The predicted octanol–water partition coefficient (Wildman–Crippen LogP) is 4.50. The zero-order valence-electron chi connectivity index (χ0n) is 15.2. The highest BCUT2D eigenvalue weighted by atomic mass is 16.4. The van der Waals surface area contributed by atoms with E-state index in [1.807, 2.05) is 0 Å². The third-order valence-corrected chi connectivity index (χ3v) is 3.99. The molecule has 0 aliphatic rings. The molecule has 2 aromatic rings. The van der Waals surface area contributed by atoms with Crippen LogP contribution < -0.4 is 5.73 Å². The maximum absolute atomic E-state index is 9.60. The fraction of sp³-hybridized carbons (Fsp3) is 0.381. The molecule has 2 aromatic carbocycles. The lowest BCUT2D eigenvalue weighted by molar-refractivity contribution is -0.132. The Morgan fingerprint density at radius 3 is 2.25 bits per heavy atom. The molecule has 0 spiro atoms. The van der Waals surface area contributed by atoms with E-state index in [-0.39, 0.29) is 11.6 Å². The first-order valence-corrected chi connectivity index (χ1v) is 8.48. The van der Waals surface area contributed by atoms with Crippen LogP contribution in [-0.4, -0.2) is 17.1 Å². The van der Waals surface area contributed by atoms with Crippen LogP contribution in [0.15, 0.2) is 42.5 Å². The summed E-state index contributed by atoms with van der Waals surface area (Å²) in [5, 5.41) is 10.6. The Hall–Kier alpha value is -2.13. The summed E-state index contributed by atoms with van der Waals surface area (Å²) in [5.41, 5.74) is 10.7. The Labute approximate surface area is 145 Å². The Morgan fingerprint density at radius 2 is 1.79 bits per heavy atom. The van der Waals surface area contributed by atoms with Gasteiger partial charge in [-0.2, -0.15) is 0 Å². The van der Waals surface area contributed by atoms with Crippen LogP contribution >= 0.6 is 0 Å². The topological polar surface area (TPSA) is 63.3 Å². The Morgan fingerprint density at radius 1 is 1.21 bits per heavy atom. The smallest absolute Gasteiger partial charge is 0.330 e. The molecule has 0 radical (unpaired) electrons. The highest BCUT2D eigenvalue weighted by Gasteiger charge is 2.12. The predicted molar refractivity (Wildman–Crippen MR) is 103 cm³/mol. The molecule has 0 bridgehead atoms. The Balaban J connectivity index is 0.000000413. The van der Waals surface area contributed by atoms with Crippen LogP contribution in [0, 0.1) is 0 Å². The summed E-state index contributed by atoms with van der Waals surface area (Å²) in [4.78, 5) is 9.60. The summed E-state index contributed by atoms with van der Waals surface area (Å²) in [6, 6.07) is 11.2. The number of aliphatic carboxylic acids is 1. The molecule has 0 aliphatic carbocycles. The van der Waals surface area contributed by atoms with Crippen LogP contribution in [0.2, 0.25) is 0 Å². The van der Waals surface area contributed by atoms with E-state index in [9.17, 15) is 4.79 Å². The number of carboxylic acid groups (broad SMARTS) is 1. The van der Waals surface area contributed by atoms with Gasteiger partial charge in [0.2, 0.25) is 0 Å². The highest BCUT2D eigenvalue weighted by molar-refractivity contribution is 5.88. The molecule has 0 amide bonds. The van der Waals surface area contributed by atoms with Gasteiger partial charge in [-0.3, -0.25) is 0 Å². The largest absolute Gasteiger partial charge is 0.478 e. The van der Waals surface area contributed by atoms with Crippen molar-refractivity contribution in [2.45, 2.75) is 53.0 Å². The first-order valence-electron chi connectivity index (χ1n) is 8.48. The lowest BCUT2D eigenvalue weighted by atomic mass is 9.88. The van der Waals surface area contributed by atoms with Gasteiger partial charge in [0, 0.05) is 11.6 Å². The maximum Gasteiger partial charge on any atom is 0.330 e. The van der Waals surface area contributed by atoms with Crippen LogP contribution in [0.5, 0.6) is 0 Å². The van der Waals surface area contributed by atoms with E-state index in [0.717, 1.165) is 19.3 Å². The van der Waals surface area contributed by atoms with Gasteiger partial charge in [0.15, 0.2) is 0 Å². The molecule has 3 nitrogen and oxygen atoms in total. The van der Waals surface area contributed by atoms with Gasteiger partial charge in [-0.1, -0.05) is 50.8 Å². The van der Waals surface area contributed by atoms with E-state index in [1.54, 1.807) is 0 Å². The minimum Gasteiger partial charge on any atom is -0.478 e. The van der Waals surface area contributed by atoms with Crippen molar-refractivity contribution in [2.24, 2.45) is 5.73 Å². The second-order valence-electron chi connectivity index (χ2n) is 6.19. The Kier molecular flexibility index (Phi) is 7.66. The van der Waals surface area contributed by atoms with Crippen molar-refractivity contribution < 1.29 is 9.90 Å². The third kappa shape index (κ3) is 5.20. The zero-order chi connectivity index (χ0) is 18.3. The molecule has 3 heteroatoms. The molecule has 1 unspecified atom stereocenters. The fourth-order valence-corrected chi connectivity index (χ4v) is 2.84. The van der Waals surface area contributed by atoms with E-state index in [0.29, 0.717) is 0 Å². The molecule has 130 valence electrons. The van der Waals surface area contributed by atoms with Crippen molar-refractivity contribution in [3.63, 3.8) is 0 Å². The number of rotatable bonds is 5. The lowest BCUT2D eigenvalue weighted by Crippen LogP contribution is -2.19. The average Bonchev–Trinajstić information content (AvgIpc) is 2.54. The molecule has 0 aliphatic heterocycles. The van der Waals surface area contributed by atoms with Crippen molar-refractivity contribution >= 4 is 16.7 Å². The zero-order valence-corrected chi connectivity index (χ0v) is 15.2. The first-order chi connectivity index (χ1) is 11.3. The summed E-state index contributed by atoms with van der Waals surface area (Å²) in [6.45, 7) is 11.2. The number of hydrogen-bond acceptors (Lipinski definition) is 2. The van der Waals surface area contributed by atoms with Crippen LogP contribution in [0.25, 0.3) is 10.8 Å². The first kappa shape index (κ1) is 19.9.